The zero-order chi connectivity index (χ0) is 19.2. The largest absolute Gasteiger partial charge is 0.495 e. The van der Waals surface area contributed by atoms with Crippen molar-refractivity contribution in [3.8, 4) is 11.5 Å². The molecule has 1 amide bonds. The summed E-state index contributed by atoms with van der Waals surface area (Å²) in [6.07, 6.45) is 0.950. The van der Waals surface area contributed by atoms with Crippen LogP contribution in [0.2, 0.25) is 0 Å². The molecule has 0 aromatic heterocycles. The molecule has 1 heterocycles. The van der Waals surface area contributed by atoms with Crippen molar-refractivity contribution in [2.24, 2.45) is 5.92 Å². The predicted molar refractivity (Wildman–Crippen MR) is 98.2 cm³/mol. The molecule has 0 bridgehead atoms. The van der Waals surface area contributed by atoms with Crippen LogP contribution in [0, 0.1) is 17.6 Å². The standard InChI is InChI=1S/C20H22F2N2O3/c1-26-19-5-3-2-4-17(19)24-9-8-14(12-24)11-23-20(25)13-27-18-7-6-15(21)10-16(18)22/h2-7,10,14H,8-9,11-13H2,1H3,(H,23,25). The van der Waals surface area contributed by atoms with Gasteiger partial charge >= 0.3 is 0 Å². The van der Waals surface area contributed by atoms with Gasteiger partial charge < -0.3 is 19.7 Å². The number of para-hydroxylation sites is 2. The minimum atomic E-state index is -0.828. The van der Waals surface area contributed by atoms with Crippen LogP contribution in [0.15, 0.2) is 42.5 Å². The summed E-state index contributed by atoms with van der Waals surface area (Å²) in [6, 6.07) is 10.8. The molecule has 0 spiro atoms. The van der Waals surface area contributed by atoms with Crippen molar-refractivity contribution >= 4 is 11.6 Å². The number of amides is 1. The van der Waals surface area contributed by atoms with Gasteiger partial charge in [-0.1, -0.05) is 12.1 Å². The highest BCUT2D eigenvalue weighted by Crippen LogP contribution is 2.31. The van der Waals surface area contributed by atoms with E-state index in [9.17, 15) is 13.6 Å². The average Bonchev–Trinajstić information content (AvgIpc) is 3.14. The van der Waals surface area contributed by atoms with Gasteiger partial charge in [0.15, 0.2) is 18.2 Å². The number of benzene rings is 2. The second kappa shape index (κ2) is 8.70. The Morgan fingerprint density at radius 1 is 1.22 bits per heavy atom. The highest BCUT2D eigenvalue weighted by molar-refractivity contribution is 5.77. The molecule has 27 heavy (non-hydrogen) atoms. The molecular formula is C20H22F2N2O3. The Kier molecular flexibility index (Phi) is 6.11. The summed E-state index contributed by atoms with van der Waals surface area (Å²) in [5, 5.41) is 2.81. The predicted octanol–water partition coefficient (Wildman–Crippen LogP) is 2.99. The van der Waals surface area contributed by atoms with E-state index in [4.69, 9.17) is 9.47 Å². The zero-order valence-electron chi connectivity index (χ0n) is 15.1. The summed E-state index contributed by atoms with van der Waals surface area (Å²) < 4.78 is 36.9. The van der Waals surface area contributed by atoms with E-state index in [0.29, 0.717) is 12.5 Å². The molecule has 0 radical (unpaired) electrons. The van der Waals surface area contributed by atoms with E-state index in [2.05, 4.69) is 10.2 Å². The number of nitrogens with one attached hydrogen (secondary N) is 1. The molecule has 1 fully saturated rings. The second-order valence-corrected chi connectivity index (χ2v) is 6.44. The first-order valence-corrected chi connectivity index (χ1v) is 8.79. The third-order valence-electron chi connectivity index (χ3n) is 4.55. The maximum Gasteiger partial charge on any atom is 0.257 e. The quantitative estimate of drug-likeness (QED) is 0.807. The number of hydrogen-bond donors (Lipinski definition) is 1. The van der Waals surface area contributed by atoms with E-state index in [1.54, 1.807) is 7.11 Å². The highest BCUT2D eigenvalue weighted by Gasteiger charge is 2.24. The van der Waals surface area contributed by atoms with Crippen molar-refractivity contribution < 1.29 is 23.0 Å². The topological polar surface area (TPSA) is 50.8 Å². The molecule has 7 heteroatoms. The van der Waals surface area contributed by atoms with Crippen molar-refractivity contribution in [3.63, 3.8) is 0 Å². The van der Waals surface area contributed by atoms with Gasteiger partial charge in [0.1, 0.15) is 11.6 Å². The summed E-state index contributed by atoms with van der Waals surface area (Å²) in [6.45, 7) is 1.90. The van der Waals surface area contributed by atoms with Crippen LogP contribution in [0.1, 0.15) is 6.42 Å². The Bertz CT molecular complexity index is 801. The molecule has 144 valence electrons. The summed E-state index contributed by atoms with van der Waals surface area (Å²) in [4.78, 5) is 14.2. The van der Waals surface area contributed by atoms with Gasteiger partial charge in [0.2, 0.25) is 0 Å². The van der Waals surface area contributed by atoms with Crippen LogP contribution in [0.5, 0.6) is 11.5 Å². The first-order chi connectivity index (χ1) is 13.1. The Morgan fingerprint density at radius 3 is 2.81 bits per heavy atom. The molecular weight excluding hydrogens is 354 g/mol. The fraction of sp³-hybridized carbons (Fsp3) is 0.350. The van der Waals surface area contributed by atoms with E-state index in [0.717, 1.165) is 43.1 Å². The highest BCUT2D eigenvalue weighted by atomic mass is 19.1. The van der Waals surface area contributed by atoms with Crippen molar-refractivity contribution in [2.75, 3.05) is 38.3 Å². The molecule has 1 unspecified atom stereocenters. The lowest BCUT2D eigenvalue weighted by Gasteiger charge is -2.21. The second-order valence-electron chi connectivity index (χ2n) is 6.44. The van der Waals surface area contributed by atoms with E-state index in [1.807, 2.05) is 24.3 Å². The van der Waals surface area contributed by atoms with Gasteiger partial charge in [-0.3, -0.25) is 4.79 Å². The van der Waals surface area contributed by atoms with Crippen LogP contribution in [-0.2, 0) is 4.79 Å². The number of ether oxygens (including phenoxy) is 2. The molecule has 1 atom stereocenters. The Hall–Kier alpha value is -2.83. The zero-order valence-corrected chi connectivity index (χ0v) is 15.1. The van der Waals surface area contributed by atoms with Crippen LogP contribution < -0.4 is 19.7 Å². The summed E-state index contributed by atoms with van der Waals surface area (Å²) >= 11 is 0. The molecule has 1 saturated heterocycles. The summed E-state index contributed by atoms with van der Waals surface area (Å²) in [5.41, 5.74) is 1.05. The molecule has 1 N–H and O–H groups in total. The number of rotatable bonds is 7. The van der Waals surface area contributed by atoms with Gasteiger partial charge in [-0.15, -0.1) is 0 Å². The number of halogens is 2. The van der Waals surface area contributed by atoms with Crippen LogP contribution in [-0.4, -0.2) is 39.3 Å². The molecule has 3 rings (SSSR count). The van der Waals surface area contributed by atoms with E-state index in [-0.39, 0.29) is 18.3 Å². The Morgan fingerprint density at radius 2 is 2.04 bits per heavy atom. The SMILES string of the molecule is COc1ccccc1N1CCC(CNC(=O)COc2ccc(F)cc2F)C1. The average molecular weight is 376 g/mol. The van der Waals surface area contributed by atoms with Gasteiger partial charge in [0, 0.05) is 25.7 Å². The first kappa shape index (κ1) is 18.9. The molecule has 1 aliphatic rings. The van der Waals surface area contributed by atoms with Crippen LogP contribution in [0.25, 0.3) is 0 Å². The van der Waals surface area contributed by atoms with Crippen molar-refractivity contribution in [1.82, 2.24) is 5.32 Å². The number of carbonyl (C=O) groups is 1. The smallest absolute Gasteiger partial charge is 0.257 e. The Balaban J connectivity index is 1.44. The minimum Gasteiger partial charge on any atom is -0.495 e. The maximum atomic E-state index is 13.5. The van der Waals surface area contributed by atoms with Gasteiger partial charge in [0.05, 0.1) is 12.8 Å². The lowest BCUT2D eigenvalue weighted by molar-refractivity contribution is -0.123. The number of methoxy groups -OCH3 is 1. The van der Waals surface area contributed by atoms with E-state index in [1.165, 1.54) is 6.07 Å². The molecule has 5 nitrogen and oxygen atoms in total. The van der Waals surface area contributed by atoms with Crippen molar-refractivity contribution in [2.45, 2.75) is 6.42 Å². The van der Waals surface area contributed by atoms with Crippen LogP contribution in [0.4, 0.5) is 14.5 Å². The summed E-state index contributed by atoms with van der Waals surface area (Å²) in [7, 11) is 1.65. The third-order valence-corrected chi connectivity index (χ3v) is 4.55. The number of carbonyl (C=O) groups excluding carboxylic acids is 1. The Labute approximate surface area is 156 Å². The monoisotopic (exact) mass is 376 g/mol. The number of nitrogens with zero attached hydrogens (tertiary/aromatic N) is 1. The van der Waals surface area contributed by atoms with Crippen LogP contribution >= 0.6 is 0 Å². The normalized spacial score (nSPS) is 16.3. The van der Waals surface area contributed by atoms with Gasteiger partial charge in [-0.25, -0.2) is 8.78 Å². The van der Waals surface area contributed by atoms with E-state index >= 15 is 0 Å². The molecule has 0 aliphatic carbocycles. The number of anilines is 1. The van der Waals surface area contributed by atoms with Crippen LogP contribution in [0.3, 0.4) is 0 Å². The lowest BCUT2D eigenvalue weighted by Crippen LogP contribution is -2.34. The van der Waals surface area contributed by atoms with Crippen molar-refractivity contribution in [1.29, 1.82) is 0 Å². The fourth-order valence-electron chi connectivity index (χ4n) is 3.15. The fourth-order valence-corrected chi connectivity index (χ4v) is 3.15. The van der Waals surface area contributed by atoms with Gasteiger partial charge in [-0.05, 0) is 36.6 Å². The number of hydrogen-bond acceptors (Lipinski definition) is 4. The van der Waals surface area contributed by atoms with Gasteiger partial charge in [-0.2, -0.15) is 0 Å². The third kappa shape index (κ3) is 4.87. The maximum absolute atomic E-state index is 13.5. The molecule has 2 aromatic rings. The van der Waals surface area contributed by atoms with Crippen molar-refractivity contribution in [3.05, 3.63) is 54.1 Å². The molecule has 1 aliphatic heterocycles. The van der Waals surface area contributed by atoms with Gasteiger partial charge in [0.25, 0.3) is 5.91 Å². The first-order valence-electron chi connectivity index (χ1n) is 8.79. The lowest BCUT2D eigenvalue weighted by atomic mass is 10.1. The molecule has 0 saturated carbocycles. The van der Waals surface area contributed by atoms with E-state index < -0.39 is 11.6 Å². The summed E-state index contributed by atoms with van der Waals surface area (Å²) in [5.74, 6) is -0.862. The minimum absolute atomic E-state index is 0.144. The molecule has 2 aromatic carbocycles.